The first-order valence-electron chi connectivity index (χ1n) is 10.8. The lowest BCUT2D eigenvalue weighted by Crippen LogP contribution is -2.51. The fourth-order valence-corrected chi connectivity index (χ4v) is 5.08. The van der Waals surface area contributed by atoms with Crippen LogP contribution >= 0.6 is 11.3 Å². The molecule has 2 aliphatic heterocycles. The lowest BCUT2D eigenvalue weighted by atomic mass is 10.1. The summed E-state index contributed by atoms with van der Waals surface area (Å²) < 4.78 is 5.75. The van der Waals surface area contributed by atoms with E-state index in [2.05, 4.69) is 56.8 Å². The Hall–Kier alpha value is -1.15. The zero-order valence-corrected chi connectivity index (χ0v) is 18.5. The van der Waals surface area contributed by atoms with Crippen LogP contribution in [0.3, 0.4) is 0 Å². The lowest BCUT2D eigenvalue weighted by molar-refractivity contribution is -0.0334. The molecule has 3 heterocycles. The van der Waals surface area contributed by atoms with Gasteiger partial charge in [0.1, 0.15) is 0 Å². The third-order valence-electron chi connectivity index (χ3n) is 5.74. The molecule has 2 N–H and O–H groups in total. The van der Waals surface area contributed by atoms with Crippen molar-refractivity contribution in [1.29, 1.82) is 0 Å². The van der Waals surface area contributed by atoms with Gasteiger partial charge in [-0.2, -0.15) is 0 Å². The summed E-state index contributed by atoms with van der Waals surface area (Å²) in [6.45, 7) is 11.7. The molecule has 3 rings (SSSR count). The highest BCUT2D eigenvalue weighted by molar-refractivity contribution is 7.10. The van der Waals surface area contributed by atoms with Crippen molar-refractivity contribution in [3.63, 3.8) is 0 Å². The van der Waals surface area contributed by atoms with E-state index in [4.69, 9.17) is 4.74 Å². The van der Waals surface area contributed by atoms with Crippen LogP contribution in [0.4, 0.5) is 0 Å². The Bertz CT molecular complexity index is 586. The van der Waals surface area contributed by atoms with Gasteiger partial charge >= 0.3 is 0 Å². The third-order valence-corrected chi connectivity index (χ3v) is 6.71. The lowest BCUT2D eigenvalue weighted by Gasteiger charge is -2.37. The van der Waals surface area contributed by atoms with Gasteiger partial charge in [0.15, 0.2) is 5.96 Å². The molecule has 1 aromatic heterocycles. The van der Waals surface area contributed by atoms with Crippen LogP contribution < -0.4 is 10.6 Å². The maximum absolute atomic E-state index is 5.75. The molecule has 0 saturated carbocycles. The smallest absolute Gasteiger partial charge is 0.191 e. The predicted molar refractivity (Wildman–Crippen MR) is 118 cm³/mol. The fraction of sp³-hybridized carbons (Fsp3) is 0.762. The van der Waals surface area contributed by atoms with Crippen LogP contribution in [-0.4, -0.2) is 80.8 Å². The number of rotatable bonds is 7. The molecule has 0 amide bonds. The van der Waals surface area contributed by atoms with E-state index in [-0.39, 0.29) is 0 Å². The average Bonchev–Trinajstić information content (AvgIpc) is 3.23. The van der Waals surface area contributed by atoms with Crippen LogP contribution in [0.25, 0.3) is 0 Å². The van der Waals surface area contributed by atoms with Gasteiger partial charge in [0.05, 0.1) is 18.8 Å². The minimum Gasteiger partial charge on any atom is -0.376 e. The summed E-state index contributed by atoms with van der Waals surface area (Å²) in [6, 6.07) is 5.27. The fourth-order valence-electron chi connectivity index (χ4n) is 4.22. The molecule has 2 atom stereocenters. The molecule has 7 heteroatoms. The van der Waals surface area contributed by atoms with Gasteiger partial charge in [-0.1, -0.05) is 13.0 Å². The summed E-state index contributed by atoms with van der Waals surface area (Å²) in [4.78, 5) is 11.0. The SMILES string of the molecule is CCCN1CCC(NC(=NC)NCC(c2cccs2)N2CCOC(C)C2)CC1. The zero-order chi connectivity index (χ0) is 19.8. The van der Waals surface area contributed by atoms with E-state index < -0.39 is 0 Å². The summed E-state index contributed by atoms with van der Waals surface area (Å²) in [6.07, 6.45) is 3.92. The Morgan fingerprint density at radius 2 is 2.18 bits per heavy atom. The van der Waals surface area contributed by atoms with Crippen LogP contribution in [0.5, 0.6) is 0 Å². The summed E-state index contributed by atoms with van der Waals surface area (Å²) in [5.41, 5.74) is 0. The number of hydrogen-bond acceptors (Lipinski definition) is 5. The molecular weight excluding hydrogens is 370 g/mol. The Balaban J connectivity index is 1.53. The van der Waals surface area contributed by atoms with E-state index in [1.807, 2.05) is 18.4 Å². The summed E-state index contributed by atoms with van der Waals surface area (Å²) in [7, 11) is 1.87. The van der Waals surface area contributed by atoms with E-state index in [1.165, 1.54) is 43.8 Å². The second kappa shape index (κ2) is 11.1. The number of ether oxygens (including phenoxy) is 1. The largest absolute Gasteiger partial charge is 0.376 e. The van der Waals surface area contributed by atoms with Gasteiger partial charge in [-0.05, 0) is 44.2 Å². The topological polar surface area (TPSA) is 52.1 Å². The van der Waals surface area contributed by atoms with Gasteiger partial charge in [0.2, 0.25) is 0 Å². The first-order valence-corrected chi connectivity index (χ1v) is 11.7. The van der Waals surface area contributed by atoms with Crippen molar-refractivity contribution in [3.05, 3.63) is 22.4 Å². The molecule has 0 aromatic carbocycles. The van der Waals surface area contributed by atoms with E-state index in [1.54, 1.807) is 0 Å². The molecule has 2 unspecified atom stereocenters. The molecule has 0 bridgehead atoms. The number of piperidine rings is 1. The quantitative estimate of drug-likeness (QED) is 0.537. The van der Waals surface area contributed by atoms with E-state index in [9.17, 15) is 0 Å². The number of hydrogen-bond donors (Lipinski definition) is 2. The monoisotopic (exact) mass is 407 g/mol. The molecule has 0 spiro atoms. The van der Waals surface area contributed by atoms with Crippen LogP contribution in [0.1, 0.15) is 44.0 Å². The van der Waals surface area contributed by atoms with Crippen molar-refractivity contribution in [3.8, 4) is 0 Å². The van der Waals surface area contributed by atoms with Crippen molar-refractivity contribution in [1.82, 2.24) is 20.4 Å². The molecular formula is C21H37N5OS. The van der Waals surface area contributed by atoms with Crippen LogP contribution in [0, 0.1) is 0 Å². The standard InChI is InChI=1S/C21H37N5OS/c1-4-9-25-10-7-18(8-11-25)24-21(22-3)23-15-19(20-6-5-14-28-20)26-12-13-27-17(2)16-26/h5-6,14,17-19H,4,7-13,15-16H2,1-3H3,(H2,22,23,24). The maximum atomic E-state index is 5.75. The number of nitrogens with zero attached hydrogens (tertiary/aromatic N) is 3. The first kappa shape index (κ1) is 21.6. The summed E-state index contributed by atoms with van der Waals surface area (Å²) in [5, 5.41) is 9.43. The molecule has 158 valence electrons. The molecule has 0 radical (unpaired) electrons. The van der Waals surface area contributed by atoms with Crippen molar-refractivity contribution in [2.75, 3.05) is 52.9 Å². The molecule has 2 aliphatic rings. The van der Waals surface area contributed by atoms with Crippen molar-refractivity contribution in [2.24, 2.45) is 4.99 Å². The van der Waals surface area contributed by atoms with Gasteiger partial charge in [-0.25, -0.2) is 0 Å². The highest BCUT2D eigenvalue weighted by Gasteiger charge is 2.27. The van der Waals surface area contributed by atoms with Crippen LogP contribution in [0.15, 0.2) is 22.5 Å². The zero-order valence-electron chi connectivity index (χ0n) is 17.7. The van der Waals surface area contributed by atoms with E-state index >= 15 is 0 Å². The van der Waals surface area contributed by atoms with E-state index in [0.29, 0.717) is 18.2 Å². The maximum Gasteiger partial charge on any atom is 0.191 e. The Morgan fingerprint density at radius 3 is 2.82 bits per heavy atom. The minimum atomic E-state index is 0.293. The number of guanidine groups is 1. The second-order valence-corrected chi connectivity index (χ2v) is 8.90. The molecule has 1 aromatic rings. The van der Waals surface area contributed by atoms with Gasteiger partial charge < -0.3 is 20.3 Å². The average molecular weight is 408 g/mol. The number of likely N-dealkylation sites (tertiary alicyclic amines) is 1. The highest BCUT2D eigenvalue weighted by atomic mass is 32.1. The van der Waals surface area contributed by atoms with Crippen molar-refractivity contribution < 1.29 is 4.74 Å². The van der Waals surface area contributed by atoms with Gasteiger partial charge in [-0.15, -0.1) is 11.3 Å². The Morgan fingerprint density at radius 1 is 1.36 bits per heavy atom. The predicted octanol–water partition coefficient (Wildman–Crippen LogP) is 2.55. The molecule has 6 nitrogen and oxygen atoms in total. The normalized spacial score (nSPS) is 24.2. The number of thiophene rings is 1. The number of morpholine rings is 1. The van der Waals surface area contributed by atoms with Gasteiger partial charge in [0.25, 0.3) is 0 Å². The summed E-state index contributed by atoms with van der Waals surface area (Å²) >= 11 is 1.84. The van der Waals surface area contributed by atoms with Gasteiger partial charge in [-0.3, -0.25) is 9.89 Å². The number of aliphatic imine (C=N–C) groups is 1. The first-order chi connectivity index (χ1) is 13.7. The second-order valence-electron chi connectivity index (χ2n) is 7.92. The Kier molecular flexibility index (Phi) is 8.58. The van der Waals surface area contributed by atoms with Gasteiger partial charge in [0, 0.05) is 50.7 Å². The van der Waals surface area contributed by atoms with Crippen molar-refractivity contribution in [2.45, 2.75) is 51.3 Å². The van der Waals surface area contributed by atoms with E-state index in [0.717, 1.165) is 32.2 Å². The molecule has 2 fully saturated rings. The number of nitrogens with one attached hydrogen (secondary N) is 2. The van der Waals surface area contributed by atoms with Crippen molar-refractivity contribution >= 4 is 17.3 Å². The van der Waals surface area contributed by atoms with Crippen LogP contribution in [0.2, 0.25) is 0 Å². The highest BCUT2D eigenvalue weighted by Crippen LogP contribution is 2.26. The Labute approximate surface area is 174 Å². The molecule has 0 aliphatic carbocycles. The molecule has 28 heavy (non-hydrogen) atoms. The minimum absolute atomic E-state index is 0.293. The molecule has 2 saturated heterocycles. The summed E-state index contributed by atoms with van der Waals surface area (Å²) in [5.74, 6) is 0.928. The van der Waals surface area contributed by atoms with Crippen LogP contribution in [-0.2, 0) is 4.74 Å². The third kappa shape index (κ3) is 6.17.